The topological polar surface area (TPSA) is 86.8 Å². The number of carbonyl (C=O) groups is 2. The van der Waals surface area contributed by atoms with E-state index in [0.29, 0.717) is 21.7 Å². The lowest BCUT2D eigenvalue weighted by Crippen LogP contribution is -2.52. The SMILES string of the molecule is C[C@@H](C(=O)N1CC(=O)Nc2ccccc21)N(c1ccc(F)c(F)c1)S(C)(=O)=O. The average molecular weight is 409 g/mol. The molecule has 1 N–H and O–H groups in total. The maximum absolute atomic E-state index is 13.7. The van der Waals surface area contributed by atoms with Crippen LogP contribution in [0.3, 0.4) is 0 Å². The highest BCUT2D eigenvalue weighted by molar-refractivity contribution is 7.92. The third kappa shape index (κ3) is 3.68. The summed E-state index contributed by atoms with van der Waals surface area (Å²) in [6, 6.07) is 7.83. The van der Waals surface area contributed by atoms with E-state index < -0.39 is 39.5 Å². The highest BCUT2D eigenvalue weighted by Gasteiger charge is 2.36. The molecule has 148 valence electrons. The lowest BCUT2D eigenvalue weighted by molar-refractivity contribution is -0.122. The van der Waals surface area contributed by atoms with Crippen molar-refractivity contribution in [3.63, 3.8) is 0 Å². The Morgan fingerprint density at radius 2 is 1.86 bits per heavy atom. The molecule has 1 aliphatic heterocycles. The molecule has 10 heteroatoms. The summed E-state index contributed by atoms with van der Waals surface area (Å²) in [5.41, 5.74) is 0.632. The predicted molar refractivity (Wildman–Crippen MR) is 101 cm³/mol. The first-order valence-corrected chi connectivity index (χ1v) is 10.1. The Balaban J connectivity index is 2.02. The summed E-state index contributed by atoms with van der Waals surface area (Å²) in [5.74, 6) is -3.50. The summed E-state index contributed by atoms with van der Waals surface area (Å²) >= 11 is 0. The standard InChI is InChI=1S/C18H17F2N3O4S/c1-11(23(28(2,26)27)12-7-8-13(19)14(20)9-12)18(25)22-10-17(24)21-15-5-3-4-6-16(15)22/h3-9,11H,10H2,1-2H3,(H,21,24)/t11-/m0/s1. The molecule has 28 heavy (non-hydrogen) atoms. The van der Waals surface area contributed by atoms with Crippen molar-refractivity contribution in [2.45, 2.75) is 13.0 Å². The number of amides is 2. The monoisotopic (exact) mass is 409 g/mol. The number of nitrogens with zero attached hydrogens (tertiary/aromatic N) is 2. The van der Waals surface area contributed by atoms with Crippen molar-refractivity contribution < 1.29 is 26.8 Å². The molecule has 2 aromatic carbocycles. The number of hydrogen-bond acceptors (Lipinski definition) is 4. The number of halogens is 2. The van der Waals surface area contributed by atoms with E-state index in [2.05, 4.69) is 5.32 Å². The zero-order valence-electron chi connectivity index (χ0n) is 15.0. The molecule has 1 heterocycles. The molecule has 3 rings (SSSR count). The number of nitrogens with one attached hydrogen (secondary N) is 1. The molecule has 7 nitrogen and oxygen atoms in total. The van der Waals surface area contributed by atoms with Crippen LogP contribution in [0.15, 0.2) is 42.5 Å². The van der Waals surface area contributed by atoms with Crippen LogP contribution in [0.2, 0.25) is 0 Å². The van der Waals surface area contributed by atoms with Gasteiger partial charge in [0.2, 0.25) is 15.9 Å². The van der Waals surface area contributed by atoms with Gasteiger partial charge in [0.05, 0.1) is 23.3 Å². The molecule has 0 fully saturated rings. The zero-order chi connectivity index (χ0) is 20.6. The minimum absolute atomic E-state index is 0.197. The normalized spacial score (nSPS) is 14.9. The first kappa shape index (κ1) is 19.7. The second-order valence-corrected chi connectivity index (χ2v) is 8.18. The van der Waals surface area contributed by atoms with Crippen LogP contribution >= 0.6 is 0 Å². The van der Waals surface area contributed by atoms with Gasteiger partial charge in [-0.15, -0.1) is 0 Å². The van der Waals surface area contributed by atoms with Gasteiger partial charge in [-0.05, 0) is 31.2 Å². The van der Waals surface area contributed by atoms with Crippen molar-refractivity contribution in [3.05, 3.63) is 54.1 Å². The van der Waals surface area contributed by atoms with Gasteiger partial charge in [0.25, 0.3) is 5.91 Å². The van der Waals surface area contributed by atoms with E-state index in [-0.39, 0.29) is 12.2 Å². The van der Waals surface area contributed by atoms with Crippen LogP contribution in [0.25, 0.3) is 0 Å². The molecule has 0 unspecified atom stereocenters. The Bertz CT molecular complexity index is 1060. The van der Waals surface area contributed by atoms with Gasteiger partial charge in [0.15, 0.2) is 11.6 Å². The molecule has 1 aliphatic rings. The van der Waals surface area contributed by atoms with E-state index in [9.17, 15) is 26.8 Å². The number of carbonyl (C=O) groups excluding carboxylic acids is 2. The maximum atomic E-state index is 13.7. The van der Waals surface area contributed by atoms with Gasteiger partial charge in [0.1, 0.15) is 12.6 Å². The van der Waals surface area contributed by atoms with Crippen LogP contribution in [0.5, 0.6) is 0 Å². The summed E-state index contributed by atoms with van der Waals surface area (Å²) in [6.07, 6.45) is 0.856. The number of para-hydroxylation sites is 2. The number of fused-ring (bicyclic) bond motifs is 1. The van der Waals surface area contributed by atoms with E-state index in [0.717, 1.165) is 23.3 Å². The lowest BCUT2D eigenvalue weighted by Gasteiger charge is -2.35. The first-order valence-electron chi connectivity index (χ1n) is 8.24. The largest absolute Gasteiger partial charge is 0.323 e. The zero-order valence-corrected chi connectivity index (χ0v) is 15.8. The fourth-order valence-corrected chi connectivity index (χ4v) is 4.24. The molecule has 0 bridgehead atoms. The van der Waals surface area contributed by atoms with E-state index in [1.54, 1.807) is 24.3 Å². The first-order chi connectivity index (χ1) is 13.1. The minimum Gasteiger partial charge on any atom is -0.323 e. The summed E-state index contributed by atoms with van der Waals surface area (Å²) in [4.78, 5) is 26.2. The van der Waals surface area contributed by atoms with Gasteiger partial charge >= 0.3 is 0 Å². The van der Waals surface area contributed by atoms with Crippen LogP contribution in [0.4, 0.5) is 25.8 Å². The molecule has 0 spiro atoms. The number of anilines is 3. The number of rotatable bonds is 4. The Kier molecular flexibility index (Phi) is 5.07. The van der Waals surface area contributed by atoms with Gasteiger partial charge < -0.3 is 5.32 Å². The van der Waals surface area contributed by atoms with Gasteiger partial charge in [-0.1, -0.05) is 12.1 Å². The maximum Gasteiger partial charge on any atom is 0.251 e. The number of hydrogen-bond donors (Lipinski definition) is 1. The van der Waals surface area contributed by atoms with Crippen molar-refractivity contribution in [3.8, 4) is 0 Å². The summed E-state index contributed by atoms with van der Waals surface area (Å²) in [6.45, 7) is 1.02. The highest BCUT2D eigenvalue weighted by atomic mass is 32.2. The minimum atomic E-state index is -4.03. The average Bonchev–Trinajstić information content (AvgIpc) is 2.62. The van der Waals surface area contributed by atoms with Gasteiger partial charge in [-0.2, -0.15) is 0 Å². The molecular formula is C18H17F2N3O4S. The van der Waals surface area contributed by atoms with E-state index in [4.69, 9.17) is 0 Å². The Morgan fingerprint density at radius 1 is 1.18 bits per heavy atom. The van der Waals surface area contributed by atoms with Crippen LogP contribution in [-0.4, -0.2) is 39.1 Å². The summed E-state index contributed by atoms with van der Waals surface area (Å²) < 4.78 is 52.3. The molecule has 0 aromatic heterocycles. The number of benzene rings is 2. The fourth-order valence-electron chi connectivity index (χ4n) is 3.08. The van der Waals surface area contributed by atoms with Crippen molar-refractivity contribution in [1.82, 2.24) is 0 Å². The third-order valence-corrected chi connectivity index (χ3v) is 5.50. The molecule has 1 atom stereocenters. The predicted octanol–water partition coefficient (Wildman–Crippen LogP) is 2.10. The van der Waals surface area contributed by atoms with Gasteiger partial charge in [-0.25, -0.2) is 17.2 Å². The molecule has 0 radical (unpaired) electrons. The molecule has 0 saturated carbocycles. The lowest BCUT2D eigenvalue weighted by atomic mass is 10.1. The van der Waals surface area contributed by atoms with Crippen molar-refractivity contribution in [2.75, 3.05) is 27.3 Å². The summed E-state index contributed by atoms with van der Waals surface area (Å²) in [5, 5.41) is 2.63. The second-order valence-electron chi connectivity index (χ2n) is 6.32. The smallest absolute Gasteiger partial charge is 0.251 e. The Labute approximate surface area is 160 Å². The molecule has 0 saturated heterocycles. The fraction of sp³-hybridized carbons (Fsp3) is 0.222. The van der Waals surface area contributed by atoms with Crippen molar-refractivity contribution >= 4 is 38.9 Å². The van der Waals surface area contributed by atoms with E-state index >= 15 is 0 Å². The van der Waals surface area contributed by atoms with Gasteiger partial charge in [0, 0.05) is 6.07 Å². The van der Waals surface area contributed by atoms with Crippen molar-refractivity contribution in [1.29, 1.82) is 0 Å². The number of sulfonamides is 1. The molecular weight excluding hydrogens is 392 g/mol. The third-order valence-electron chi connectivity index (χ3n) is 4.26. The van der Waals surface area contributed by atoms with Crippen LogP contribution in [-0.2, 0) is 19.6 Å². The van der Waals surface area contributed by atoms with Gasteiger partial charge in [-0.3, -0.25) is 18.8 Å². The summed E-state index contributed by atoms with van der Waals surface area (Å²) in [7, 11) is -4.03. The Morgan fingerprint density at radius 3 is 2.50 bits per heavy atom. The molecule has 2 amide bonds. The quantitative estimate of drug-likeness (QED) is 0.838. The second kappa shape index (κ2) is 7.19. The molecule has 0 aliphatic carbocycles. The van der Waals surface area contributed by atoms with Crippen LogP contribution in [0.1, 0.15) is 6.92 Å². The van der Waals surface area contributed by atoms with Crippen LogP contribution < -0.4 is 14.5 Å². The van der Waals surface area contributed by atoms with Crippen LogP contribution in [0, 0.1) is 11.6 Å². The van der Waals surface area contributed by atoms with E-state index in [1.807, 2.05) is 0 Å². The van der Waals surface area contributed by atoms with E-state index in [1.165, 1.54) is 6.92 Å². The highest BCUT2D eigenvalue weighted by Crippen LogP contribution is 2.31. The van der Waals surface area contributed by atoms with Crippen molar-refractivity contribution in [2.24, 2.45) is 0 Å². The molecule has 2 aromatic rings. The Hall–Kier alpha value is -3.01.